The van der Waals surface area contributed by atoms with Gasteiger partial charge < -0.3 is 10.1 Å². The molecule has 2 heterocycles. The second-order valence-electron chi connectivity index (χ2n) is 4.33. The van der Waals surface area contributed by atoms with Crippen molar-refractivity contribution in [2.24, 2.45) is 0 Å². The lowest BCUT2D eigenvalue weighted by Crippen LogP contribution is -2.30. The van der Waals surface area contributed by atoms with Crippen LogP contribution in [0.4, 0.5) is 10.6 Å². The van der Waals surface area contributed by atoms with Gasteiger partial charge in [-0.1, -0.05) is 0 Å². The van der Waals surface area contributed by atoms with Gasteiger partial charge in [-0.05, 0) is 24.1 Å². The lowest BCUT2D eigenvalue weighted by atomic mass is 10.2. The molecular weight excluding hydrogens is 288 g/mol. The summed E-state index contributed by atoms with van der Waals surface area (Å²) in [6.07, 6.45) is 4.83. The van der Waals surface area contributed by atoms with E-state index in [2.05, 4.69) is 30.6 Å². The minimum atomic E-state index is -0.645. The normalized spacial score (nSPS) is 10.0. The number of pyridine rings is 1. The summed E-state index contributed by atoms with van der Waals surface area (Å²) in [5.41, 5.74) is 1.09. The molecule has 116 valence electrons. The van der Waals surface area contributed by atoms with Crippen LogP contribution in [0.3, 0.4) is 0 Å². The standard InChI is InChI=1S/C13H16N6O3/c1-22-13(21)17-11-8-16-19(18-11)9-12(20)15-7-4-10-2-5-14-6-3-10/h2-3,5-6,8H,4,7,9H2,1H3,(H,15,20)(H,17,18,21). The fourth-order valence-electron chi connectivity index (χ4n) is 1.67. The molecule has 0 fully saturated rings. The highest BCUT2D eigenvalue weighted by atomic mass is 16.5. The lowest BCUT2D eigenvalue weighted by Gasteiger charge is -2.04. The number of nitrogens with one attached hydrogen (secondary N) is 2. The number of rotatable bonds is 6. The minimum absolute atomic E-state index is 0.0286. The van der Waals surface area contributed by atoms with Crippen LogP contribution in [0.5, 0.6) is 0 Å². The molecule has 0 radical (unpaired) electrons. The van der Waals surface area contributed by atoms with Crippen LogP contribution in [0.1, 0.15) is 5.56 Å². The van der Waals surface area contributed by atoms with Crippen molar-refractivity contribution in [1.82, 2.24) is 25.3 Å². The summed E-state index contributed by atoms with van der Waals surface area (Å²) >= 11 is 0. The van der Waals surface area contributed by atoms with E-state index in [1.807, 2.05) is 12.1 Å². The first-order valence-corrected chi connectivity index (χ1v) is 6.58. The number of nitrogens with zero attached hydrogens (tertiary/aromatic N) is 4. The summed E-state index contributed by atoms with van der Waals surface area (Å²) in [6, 6.07) is 3.79. The fraction of sp³-hybridized carbons (Fsp3) is 0.308. The molecule has 2 amide bonds. The number of carbonyl (C=O) groups excluding carboxylic acids is 2. The van der Waals surface area contributed by atoms with Crippen LogP contribution in [-0.2, 0) is 22.5 Å². The van der Waals surface area contributed by atoms with Crippen LogP contribution in [0.15, 0.2) is 30.7 Å². The van der Waals surface area contributed by atoms with Crippen molar-refractivity contribution in [2.45, 2.75) is 13.0 Å². The van der Waals surface area contributed by atoms with E-state index in [-0.39, 0.29) is 18.3 Å². The first-order chi connectivity index (χ1) is 10.7. The Morgan fingerprint density at radius 1 is 1.32 bits per heavy atom. The molecule has 9 nitrogen and oxygen atoms in total. The number of aromatic nitrogens is 4. The second-order valence-corrected chi connectivity index (χ2v) is 4.33. The molecule has 2 N–H and O–H groups in total. The van der Waals surface area contributed by atoms with Gasteiger partial charge >= 0.3 is 6.09 Å². The van der Waals surface area contributed by atoms with E-state index < -0.39 is 6.09 Å². The van der Waals surface area contributed by atoms with Crippen LogP contribution < -0.4 is 10.6 Å². The lowest BCUT2D eigenvalue weighted by molar-refractivity contribution is -0.122. The quantitative estimate of drug-likeness (QED) is 0.789. The zero-order valence-electron chi connectivity index (χ0n) is 12.0. The molecule has 22 heavy (non-hydrogen) atoms. The molecule has 0 bridgehead atoms. The van der Waals surface area contributed by atoms with Crippen molar-refractivity contribution in [3.63, 3.8) is 0 Å². The Kier molecular flexibility index (Phi) is 5.41. The van der Waals surface area contributed by atoms with Gasteiger partial charge in [0.25, 0.3) is 0 Å². The molecule has 0 atom stereocenters. The maximum atomic E-state index is 11.8. The number of ether oxygens (including phenoxy) is 1. The third-order valence-corrected chi connectivity index (χ3v) is 2.72. The maximum Gasteiger partial charge on any atom is 0.412 e. The fourth-order valence-corrected chi connectivity index (χ4v) is 1.67. The minimum Gasteiger partial charge on any atom is -0.453 e. The number of anilines is 1. The zero-order valence-corrected chi connectivity index (χ0v) is 12.0. The molecule has 9 heteroatoms. The number of methoxy groups -OCH3 is 1. The molecule has 0 aromatic carbocycles. The Morgan fingerprint density at radius 3 is 2.82 bits per heavy atom. The Labute approximate surface area is 126 Å². The molecule has 0 aliphatic heterocycles. The Hall–Kier alpha value is -2.97. The van der Waals surface area contributed by atoms with E-state index in [1.54, 1.807) is 12.4 Å². The number of hydrogen-bond donors (Lipinski definition) is 2. The van der Waals surface area contributed by atoms with E-state index in [9.17, 15) is 9.59 Å². The Balaban J connectivity index is 1.74. The van der Waals surface area contributed by atoms with Crippen molar-refractivity contribution < 1.29 is 14.3 Å². The van der Waals surface area contributed by atoms with Crippen molar-refractivity contribution >= 4 is 17.8 Å². The molecule has 0 aliphatic carbocycles. The first kappa shape index (κ1) is 15.4. The molecule has 2 aromatic heterocycles. The van der Waals surface area contributed by atoms with Crippen molar-refractivity contribution in [2.75, 3.05) is 19.0 Å². The Morgan fingerprint density at radius 2 is 2.09 bits per heavy atom. The summed E-state index contributed by atoms with van der Waals surface area (Å²) in [5.74, 6) is 0.00529. The molecule has 0 saturated carbocycles. The van der Waals surface area contributed by atoms with Crippen LogP contribution in [0.2, 0.25) is 0 Å². The van der Waals surface area contributed by atoms with Gasteiger partial charge in [-0.2, -0.15) is 9.90 Å². The van der Waals surface area contributed by atoms with Crippen LogP contribution >= 0.6 is 0 Å². The summed E-state index contributed by atoms with van der Waals surface area (Å²) in [7, 11) is 1.25. The highest BCUT2D eigenvalue weighted by molar-refractivity contribution is 5.82. The van der Waals surface area contributed by atoms with Gasteiger partial charge in [0.05, 0.1) is 13.3 Å². The molecule has 0 spiro atoms. The molecule has 0 aliphatic rings. The van der Waals surface area contributed by atoms with E-state index in [1.165, 1.54) is 18.1 Å². The Bertz CT molecular complexity index is 628. The predicted molar refractivity (Wildman–Crippen MR) is 77.0 cm³/mol. The highest BCUT2D eigenvalue weighted by Gasteiger charge is 2.08. The number of carbonyl (C=O) groups is 2. The first-order valence-electron chi connectivity index (χ1n) is 6.58. The van der Waals surface area contributed by atoms with E-state index in [0.717, 1.165) is 12.0 Å². The molecule has 0 saturated heterocycles. The van der Waals surface area contributed by atoms with Crippen molar-refractivity contribution in [1.29, 1.82) is 0 Å². The maximum absolute atomic E-state index is 11.8. The van der Waals surface area contributed by atoms with Crippen LogP contribution in [0, 0.1) is 0 Å². The van der Waals surface area contributed by atoms with E-state index in [0.29, 0.717) is 6.54 Å². The van der Waals surface area contributed by atoms with Gasteiger partial charge in [-0.25, -0.2) is 4.79 Å². The van der Waals surface area contributed by atoms with Gasteiger partial charge in [0.15, 0.2) is 5.82 Å². The van der Waals surface area contributed by atoms with E-state index in [4.69, 9.17) is 0 Å². The summed E-state index contributed by atoms with van der Waals surface area (Å²) < 4.78 is 4.43. The van der Waals surface area contributed by atoms with Crippen molar-refractivity contribution in [3.8, 4) is 0 Å². The summed E-state index contributed by atoms with van der Waals surface area (Å²) in [5, 5.41) is 12.9. The topological polar surface area (TPSA) is 111 Å². The van der Waals surface area contributed by atoms with Crippen LogP contribution in [0.25, 0.3) is 0 Å². The SMILES string of the molecule is COC(=O)Nc1cnn(CC(=O)NCCc2ccncc2)n1. The third-order valence-electron chi connectivity index (χ3n) is 2.72. The van der Waals surface area contributed by atoms with Gasteiger partial charge in [-0.3, -0.25) is 15.1 Å². The number of hydrogen-bond acceptors (Lipinski definition) is 6. The van der Waals surface area contributed by atoms with Gasteiger partial charge in [0, 0.05) is 18.9 Å². The van der Waals surface area contributed by atoms with Crippen LogP contribution in [-0.4, -0.2) is 45.6 Å². The number of amides is 2. The molecule has 2 rings (SSSR count). The van der Waals surface area contributed by atoms with Gasteiger partial charge in [0.2, 0.25) is 5.91 Å². The summed E-state index contributed by atoms with van der Waals surface area (Å²) in [6.45, 7) is 0.483. The summed E-state index contributed by atoms with van der Waals surface area (Å²) in [4.78, 5) is 27.9. The van der Waals surface area contributed by atoms with Crippen molar-refractivity contribution in [3.05, 3.63) is 36.3 Å². The highest BCUT2D eigenvalue weighted by Crippen LogP contribution is 1.99. The monoisotopic (exact) mass is 304 g/mol. The largest absolute Gasteiger partial charge is 0.453 e. The zero-order chi connectivity index (χ0) is 15.8. The third kappa shape index (κ3) is 4.85. The van der Waals surface area contributed by atoms with Gasteiger partial charge in [-0.15, -0.1) is 5.10 Å². The van der Waals surface area contributed by atoms with Gasteiger partial charge in [0.1, 0.15) is 6.54 Å². The molecule has 2 aromatic rings. The molecular formula is C13H16N6O3. The predicted octanol–water partition coefficient (Wildman–Crippen LogP) is 0.210. The smallest absolute Gasteiger partial charge is 0.412 e. The second kappa shape index (κ2) is 7.72. The average molecular weight is 304 g/mol. The average Bonchev–Trinajstić information content (AvgIpc) is 2.95. The molecule has 0 unspecified atom stereocenters. The van der Waals surface area contributed by atoms with E-state index >= 15 is 0 Å².